The number of rotatable bonds is 6. The number of aromatic nitrogens is 1. The number of nitrogens with one attached hydrogen (secondary N) is 1. The van der Waals surface area contributed by atoms with Gasteiger partial charge < -0.3 is 9.26 Å². The van der Waals surface area contributed by atoms with Crippen LogP contribution in [0.3, 0.4) is 0 Å². The van der Waals surface area contributed by atoms with E-state index in [-0.39, 0.29) is 11.5 Å². The molecule has 0 aliphatic heterocycles. The van der Waals surface area contributed by atoms with Gasteiger partial charge in [0.05, 0.1) is 22.8 Å². The molecule has 3 rings (SSSR count). The Morgan fingerprint density at radius 1 is 1.07 bits per heavy atom. The number of benzene rings is 2. The lowest BCUT2D eigenvalue weighted by atomic mass is 10.0. The molecule has 3 aromatic rings. The molecule has 7 nitrogen and oxygen atoms in total. The number of nitrogens with zero attached hydrogens (tertiary/aromatic N) is 1. The largest absolute Gasteiger partial charge is 0.462 e. The Hall–Kier alpha value is -3.13. The zero-order chi connectivity index (χ0) is 20.3. The SMILES string of the molecule is CCOC(=O)c1ccc(NS(=O)(=O)c2ccc(-c3c(C)noc3C)cc2)cc1. The lowest BCUT2D eigenvalue weighted by Gasteiger charge is -2.09. The molecule has 0 fully saturated rings. The molecule has 0 radical (unpaired) electrons. The van der Waals surface area contributed by atoms with Crippen molar-refractivity contribution in [3.63, 3.8) is 0 Å². The number of carbonyl (C=O) groups excluding carboxylic acids is 1. The lowest BCUT2D eigenvalue weighted by Crippen LogP contribution is -2.13. The summed E-state index contributed by atoms with van der Waals surface area (Å²) >= 11 is 0. The number of hydrogen-bond acceptors (Lipinski definition) is 6. The number of hydrogen-bond donors (Lipinski definition) is 1. The van der Waals surface area contributed by atoms with E-state index < -0.39 is 16.0 Å². The van der Waals surface area contributed by atoms with Crippen LogP contribution in [0.25, 0.3) is 11.1 Å². The zero-order valence-electron chi connectivity index (χ0n) is 15.7. The van der Waals surface area contributed by atoms with Crippen molar-refractivity contribution in [3.05, 3.63) is 65.5 Å². The van der Waals surface area contributed by atoms with Crippen LogP contribution in [0.15, 0.2) is 57.9 Å². The van der Waals surface area contributed by atoms with Crippen LogP contribution in [-0.2, 0) is 14.8 Å². The first-order valence-electron chi connectivity index (χ1n) is 8.65. The van der Waals surface area contributed by atoms with Crippen LogP contribution in [-0.4, -0.2) is 26.2 Å². The molecule has 0 bridgehead atoms. The molecule has 1 N–H and O–H groups in total. The van der Waals surface area contributed by atoms with Gasteiger partial charge in [0, 0.05) is 11.3 Å². The average molecular weight is 400 g/mol. The van der Waals surface area contributed by atoms with E-state index >= 15 is 0 Å². The number of anilines is 1. The van der Waals surface area contributed by atoms with Crippen molar-refractivity contribution in [3.8, 4) is 11.1 Å². The van der Waals surface area contributed by atoms with E-state index in [1.807, 2.05) is 13.8 Å². The number of carbonyl (C=O) groups is 1. The maximum Gasteiger partial charge on any atom is 0.338 e. The van der Waals surface area contributed by atoms with E-state index in [2.05, 4.69) is 9.88 Å². The normalized spacial score (nSPS) is 11.2. The van der Waals surface area contributed by atoms with Crippen LogP contribution in [0.4, 0.5) is 5.69 Å². The molecule has 0 aliphatic carbocycles. The minimum Gasteiger partial charge on any atom is -0.462 e. The molecule has 8 heteroatoms. The molecule has 0 unspecified atom stereocenters. The third-order valence-corrected chi connectivity index (χ3v) is 5.53. The molecule has 0 saturated carbocycles. The molecule has 0 spiro atoms. The lowest BCUT2D eigenvalue weighted by molar-refractivity contribution is 0.0526. The van der Waals surface area contributed by atoms with Crippen LogP contribution < -0.4 is 4.72 Å². The third-order valence-electron chi connectivity index (χ3n) is 4.13. The van der Waals surface area contributed by atoms with Gasteiger partial charge >= 0.3 is 5.97 Å². The number of sulfonamides is 1. The molecular weight excluding hydrogens is 380 g/mol. The summed E-state index contributed by atoms with van der Waals surface area (Å²) in [4.78, 5) is 11.8. The summed E-state index contributed by atoms with van der Waals surface area (Å²) in [6.07, 6.45) is 0. The molecule has 1 heterocycles. The second kappa shape index (κ2) is 7.85. The topological polar surface area (TPSA) is 98.5 Å². The van der Waals surface area contributed by atoms with Gasteiger partial charge in [0.2, 0.25) is 0 Å². The van der Waals surface area contributed by atoms with Gasteiger partial charge in [0.25, 0.3) is 10.0 Å². The summed E-state index contributed by atoms with van der Waals surface area (Å²) in [7, 11) is -3.77. The van der Waals surface area contributed by atoms with E-state index in [0.29, 0.717) is 17.0 Å². The van der Waals surface area contributed by atoms with Crippen LogP contribution >= 0.6 is 0 Å². The fraction of sp³-hybridized carbons (Fsp3) is 0.200. The molecule has 0 saturated heterocycles. The Kier molecular flexibility index (Phi) is 5.51. The predicted octanol–water partition coefficient (Wildman–Crippen LogP) is 3.94. The first kappa shape index (κ1) is 19.6. The molecule has 1 aromatic heterocycles. The molecule has 0 amide bonds. The third kappa shape index (κ3) is 4.07. The molecule has 146 valence electrons. The van der Waals surface area contributed by atoms with Crippen molar-refractivity contribution in [2.45, 2.75) is 25.7 Å². The van der Waals surface area contributed by atoms with Crippen LogP contribution in [0.5, 0.6) is 0 Å². The Bertz CT molecular complexity index is 1070. The van der Waals surface area contributed by atoms with Crippen LogP contribution in [0, 0.1) is 13.8 Å². The average Bonchev–Trinajstić information content (AvgIpc) is 3.00. The highest BCUT2D eigenvalue weighted by Crippen LogP contribution is 2.28. The zero-order valence-corrected chi connectivity index (χ0v) is 16.5. The van der Waals surface area contributed by atoms with Gasteiger partial charge in [-0.3, -0.25) is 4.72 Å². The van der Waals surface area contributed by atoms with Gasteiger partial charge in [0.1, 0.15) is 5.76 Å². The highest BCUT2D eigenvalue weighted by atomic mass is 32.2. The van der Waals surface area contributed by atoms with Crippen molar-refractivity contribution in [2.24, 2.45) is 0 Å². The minimum atomic E-state index is -3.77. The van der Waals surface area contributed by atoms with E-state index in [9.17, 15) is 13.2 Å². The number of esters is 1. The van der Waals surface area contributed by atoms with Crippen molar-refractivity contribution in [1.29, 1.82) is 0 Å². The predicted molar refractivity (Wildman–Crippen MR) is 105 cm³/mol. The molecule has 2 aromatic carbocycles. The maximum atomic E-state index is 12.6. The van der Waals surface area contributed by atoms with Crippen molar-refractivity contribution in [1.82, 2.24) is 5.16 Å². The van der Waals surface area contributed by atoms with Crippen molar-refractivity contribution >= 4 is 21.7 Å². The number of aryl methyl sites for hydroxylation is 2. The van der Waals surface area contributed by atoms with Crippen molar-refractivity contribution in [2.75, 3.05) is 11.3 Å². The molecule has 28 heavy (non-hydrogen) atoms. The van der Waals surface area contributed by atoms with Gasteiger partial charge in [-0.2, -0.15) is 0 Å². The van der Waals surface area contributed by atoms with E-state index in [1.165, 1.54) is 36.4 Å². The smallest absolute Gasteiger partial charge is 0.338 e. The molecule has 0 atom stereocenters. The van der Waals surface area contributed by atoms with E-state index in [1.54, 1.807) is 19.1 Å². The maximum absolute atomic E-state index is 12.6. The highest BCUT2D eigenvalue weighted by molar-refractivity contribution is 7.92. The minimum absolute atomic E-state index is 0.123. The summed E-state index contributed by atoms with van der Waals surface area (Å²) in [6.45, 7) is 5.63. The van der Waals surface area contributed by atoms with Gasteiger partial charge in [-0.25, -0.2) is 13.2 Å². The second-order valence-corrected chi connectivity index (χ2v) is 7.81. The highest BCUT2D eigenvalue weighted by Gasteiger charge is 2.17. The summed E-state index contributed by atoms with van der Waals surface area (Å²) in [5.74, 6) is 0.222. The fourth-order valence-corrected chi connectivity index (χ4v) is 3.86. The summed E-state index contributed by atoms with van der Waals surface area (Å²) < 4.78 is 37.8. The van der Waals surface area contributed by atoms with E-state index in [0.717, 1.165) is 16.8 Å². The first-order valence-corrected chi connectivity index (χ1v) is 10.1. The van der Waals surface area contributed by atoms with Gasteiger partial charge in [-0.05, 0) is 62.7 Å². The van der Waals surface area contributed by atoms with Gasteiger partial charge in [-0.15, -0.1) is 0 Å². The Labute approximate surface area is 163 Å². The van der Waals surface area contributed by atoms with Crippen LogP contribution in [0.1, 0.15) is 28.7 Å². The summed E-state index contributed by atoms with van der Waals surface area (Å²) in [5, 5.41) is 3.91. The van der Waals surface area contributed by atoms with Crippen LogP contribution in [0.2, 0.25) is 0 Å². The first-order chi connectivity index (χ1) is 13.3. The standard InChI is InChI=1S/C20H20N2O5S/c1-4-26-20(23)16-5-9-17(10-6-16)22-28(24,25)18-11-7-15(8-12-18)19-13(2)21-27-14(19)3/h5-12,22H,4H2,1-3H3. The second-order valence-electron chi connectivity index (χ2n) is 6.13. The molecule has 0 aliphatic rings. The van der Waals surface area contributed by atoms with Crippen molar-refractivity contribution < 1.29 is 22.5 Å². The monoisotopic (exact) mass is 400 g/mol. The van der Waals surface area contributed by atoms with E-state index in [4.69, 9.17) is 9.26 Å². The Morgan fingerprint density at radius 3 is 2.25 bits per heavy atom. The Morgan fingerprint density at radius 2 is 1.71 bits per heavy atom. The number of ether oxygens (including phenoxy) is 1. The fourth-order valence-electron chi connectivity index (χ4n) is 2.80. The summed E-state index contributed by atoms with van der Waals surface area (Å²) in [6, 6.07) is 12.5. The summed E-state index contributed by atoms with van der Waals surface area (Å²) in [5.41, 5.74) is 3.13. The Balaban J connectivity index is 1.79. The van der Waals surface area contributed by atoms with Gasteiger partial charge in [-0.1, -0.05) is 17.3 Å². The molecular formula is C20H20N2O5S. The quantitative estimate of drug-likeness (QED) is 0.630. The van der Waals surface area contributed by atoms with Gasteiger partial charge in [0.15, 0.2) is 0 Å².